The summed E-state index contributed by atoms with van der Waals surface area (Å²) >= 11 is 17.1. The fraction of sp³-hybridized carbons (Fsp3) is 0.645. The number of rotatable bonds is 51. The summed E-state index contributed by atoms with van der Waals surface area (Å²) < 4.78 is 195. The molecule has 15 rings (SSSR count). The summed E-state index contributed by atoms with van der Waals surface area (Å²) in [7, 11) is -5.12. The topological polar surface area (TPSA) is 815 Å². The standard InChI is InChI=1S/C76H109N22O41P5S3/c1-33-22-94(74(104)86-58(33)77)67-53(119-16-11-114-6)48(99)39(130-67)25-126-143(112,146)139-52-43(134-70(57(52)123-20-15-118-10)96-30-81-45-60(96)84-37(5)85-64(45)101)29-128-144(113,147)138-51-41(132-71(56(51)122-19-14-117-9)98-32-83-47-62(98)89-73(80)91-66(47)103)27-125-141(109,110)136-49-40(131-68(54(49)120-17-12-115-7)95-23-34(2)59(78)87-75(95)105)26-124-140(107,108)137-50-42(133-69(55(50)121-18-13-116-8)97-31-82-46-61(97)88-72(79)90-65(46)102)28-127-142(111,145)135-38-21-44(129-36(38)4)93-24-35(3)63(100)92-76(93)106/h22-24,30-32,36,38-44,48-57,67-71,99H,11-21,25-29H2,1-10H3,(H,107,108)(H,109,110)(H,111,145)(H,112,146)(H,113,147)(H2,77,86,104)(H2,78,87,105)(H,84,85,101)(H,92,100,106)(H3,79,88,90,102)(H3,80,89,91,103)/t36-,38-,39-,40-,41-,42-,43-,44-,48+,49+,50+,51+,52+,53?,54?,55?,56?,57?,67-,68-,69-,70-,71-,142?,143?,144?/m1/s1. The molecule has 15 heterocycles. The van der Waals surface area contributed by atoms with Crippen LogP contribution in [0.3, 0.4) is 0 Å². The van der Waals surface area contributed by atoms with Crippen LogP contribution in [0.25, 0.3) is 33.5 Å². The highest BCUT2D eigenvalue weighted by molar-refractivity contribution is 8.07. The van der Waals surface area contributed by atoms with E-state index in [1.54, 1.807) is 13.8 Å². The molecule has 9 aromatic heterocycles. The van der Waals surface area contributed by atoms with E-state index < -0.39 is 268 Å². The van der Waals surface area contributed by atoms with E-state index in [1.165, 1.54) is 90.4 Å². The second-order valence-corrected chi connectivity index (χ2v) is 44.9. The number of aromatic nitrogens is 18. The summed E-state index contributed by atoms with van der Waals surface area (Å²) in [5.41, 5.74) is 17.8. The Morgan fingerprint density at radius 3 is 1.11 bits per heavy atom. The zero-order chi connectivity index (χ0) is 106. The van der Waals surface area contributed by atoms with E-state index in [9.17, 15) is 63.1 Å². The van der Waals surface area contributed by atoms with Gasteiger partial charge in [-0.15, -0.1) is 0 Å². The summed E-state index contributed by atoms with van der Waals surface area (Å²) in [5, 5.41) is 11.9. The molecule has 0 aliphatic carbocycles. The lowest BCUT2D eigenvalue weighted by molar-refractivity contribution is -0.0843. The zero-order valence-electron chi connectivity index (χ0n) is 79.6. The molecule has 0 spiro atoms. The number of aromatic amines is 4. The molecule has 71 heteroatoms. The van der Waals surface area contributed by atoms with Crippen molar-refractivity contribution in [3.05, 3.63) is 133 Å². The number of hydrogen-bond acceptors (Lipinski definition) is 51. The van der Waals surface area contributed by atoms with Gasteiger partial charge >= 0.3 is 52.9 Å². The van der Waals surface area contributed by atoms with Crippen molar-refractivity contribution in [1.29, 1.82) is 0 Å². The Bertz CT molecular complexity index is 6880. The monoisotopic (exact) mass is 2240 g/mol. The van der Waals surface area contributed by atoms with E-state index >= 15 is 9.13 Å². The van der Waals surface area contributed by atoms with Crippen molar-refractivity contribution < 1.29 is 160 Å². The van der Waals surface area contributed by atoms with Crippen molar-refractivity contribution in [3.63, 3.8) is 0 Å². The Morgan fingerprint density at radius 1 is 0.388 bits per heavy atom. The number of nitrogens with zero attached hydrogens (tertiary/aromatic N) is 14. The lowest BCUT2D eigenvalue weighted by Gasteiger charge is -2.30. The van der Waals surface area contributed by atoms with Crippen LogP contribution in [0.4, 0.5) is 23.5 Å². The maximum atomic E-state index is 15.5. The molecule has 6 aliphatic heterocycles. The number of aliphatic hydroxyl groups is 1. The summed E-state index contributed by atoms with van der Waals surface area (Å²) in [5.74, 6) is -1.04. The van der Waals surface area contributed by atoms with Gasteiger partial charge in [0.1, 0.15) is 115 Å². The predicted octanol–water partition coefficient (Wildman–Crippen LogP) is -2.81. The van der Waals surface area contributed by atoms with Gasteiger partial charge in [0.05, 0.1) is 130 Å². The van der Waals surface area contributed by atoms with Crippen LogP contribution in [-0.2, 0) is 166 Å². The van der Waals surface area contributed by atoms with E-state index in [2.05, 4.69) is 59.8 Å². The first kappa shape index (κ1) is 113. The molecule has 6 fully saturated rings. The largest absolute Gasteiger partial charge is 0.472 e. The van der Waals surface area contributed by atoms with Gasteiger partial charge in [0, 0.05) is 77.3 Å². The number of fused-ring (bicyclic) bond motifs is 3. The zero-order valence-corrected chi connectivity index (χ0v) is 86.5. The Labute approximate surface area is 843 Å². The molecular weight excluding hydrogens is 2130 g/mol. The van der Waals surface area contributed by atoms with Crippen LogP contribution in [-0.4, -0.2) is 355 Å². The molecule has 18 N–H and O–H groups in total. The molecule has 0 saturated carbocycles. The van der Waals surface area contributed by atoms with E-state index in [-0.39, 0.29) is 128 Å². The number of nitrogen functional groups attached to an aromatic ring is 4. The van der Waals surface area contributed by atoms with Crippen molar-refractivity contribution in [2.45, 2.75) is 182 Å². The third-order valence-electron chi connectivity index (χ3n) is 23.7. The second-order valence-electron chi connectivity index (χ2n) is 33.7. The number of nitrogens with two attached hydrogens (primary N) is 4. The van der Waals surface area contributed by atoms with Crippen LogP contribution in [0, 0.1) is 27.7 Å². The molecular formula is C76H109N22O41P5S3. The number of anilines is 4. The molecule has 147 heavy (non-hydrogen) atoms. The highest BCUT2D eigenvalue weighted by atomic mass is 32.5. The van der Waals surface area contributed by atoms with Gasteiger partial charge < -0.3 is 151 Å². The number of hydrogen-bond donors (Lipinski definition) is 14. The molecule has 63 nitrogen and oxygen atoms in total. The quantitative estimate of drug-likeness (QED) is 0.0135. The minimum atomic E-state index is -5.97. The van der Waals surface area contributed by atoms with E-state index in [4.69, 9.17) is 179 Å². The lowest BCUT2D eigenvalue weighted by Crippen LogP contribution is -2.41. The maximum Gasteiger partial charge on any atom is 0.472 e. The molecule has 10 unspecified atom stereocenters. The van der Waals surface area contributed by atoms with E-state index in [0.29, 0.717) is 5.56 Å². The van der Waals surface area contributed by atoms with Gasteiger partial charge in [-0.25, -0.2) is 43.4 Å². The molecule has 0 bridgehead atoms. The number of phosphoric ester groups is 2. The number of ether oxygens (including phenoxy) is 16. The van der Waals surface area contributed by atoms with Gasteiger partial charge in [0.2, 0.25) is 11.9 Å². The van der Waals surface area contributed by atoms with Crippen molar-refractivity contribution in [2.75, 3.05) is 158 Å². The number of methoxy groups -OCH3 is 5. The van der Waals surface area contributed by atoms with Crippen molar-refractivity contribution in [2.24, 2.45) is 0 Å². The van der Waals surface area contributed by atoms with Crippen molar-refractivity contribution >= 4 is 128 Å². The summed E-state index contributed by atoms with van der Waals surface area (Å²) in [6.45, 7) is -14.2. The van der Waals surface area contributed by atoms with Crippen LogP contribution in [0.1, 0.15) is 73.2 Å². The van der Waals surface area contributed by atoms with Gasteiger partial charge in [-0.2, -0.15) is 19.9 Å². The lowest BCUT2D eigenvalue weighted by atomic mass is 10.1. The average molecular weight is 2240 g/mol. The molecule has 28 atom stereocenters. The third-order valence-corrected chi connectivity index (χ3v) is 30.4. The minimum absolute atomic E-state index is 0.0346. The van der Waals surface area contributed by atoms with E-state index in [1.807, 2.05) is 0 Å². The fourth-order valence-corrected chi connectivity index (χ4v) is 23.1. The molecule has 0 radical (unpaired) electrons. The van der Waals surface area contributed by atoms with Gasteiger partial charge in [-0.1, -0.05) is 0 Å². The van der Waals surface area contributed by atoms with Crippen LogP contribution < -0.4 is 62.2 Å². The van der Waals surface area contributed by atoms with Gasteiger partial charge in [0.15, 0.2) is 64.6 Å². The Kier molecular flexibility index (Phi) is 36.9. The fourth-order valence-electron chi connectivity index (χ4n) is 16.7. The average Bonchev–Trinajstić information content (AvgIpc) is 1.61. The molecule has 6 aliphatic rings. The van der Waals surface area contributed by atoms with Crippen LogP contribution in [0.2, 0.25) is 0 Å². The first-order valence-corrected chi connectivity index (χ1v) is 55.4. The highest BCUT2D eigenvalue weighted by Crippen LogP contribution is 2.58. The first-order chi connectivity index (χ1) is 69.8. The highest BCUT2D eigenvalue weighted by Gasteiger charge is 2.59. The van der Waals surface area contributed by atoms with Crippen molar-refractivity contribution in [1.82, 2.24) is 87.2 Å². The van der Waals surface area contributed by atoms with Gasteiger partial charge in [0.25, 0.3) is 22.2 Å². The molecule has 812 valence electrons. The first-order valence-electron chi connectivity index (χ1n) is 44.6. The predicted molar refractivity (Wildman–Crippen MR) is 510 cm³/mol. The number of aryl methyl sites for hydroxylation is 4. The maximum absolute atomic E-state index is 15.5. The molecule has 0 aromatic carbocycles. The van der Waals surface area contributed by atoms with Crippen molar-refractivity contribution in [3.8, 4) is 0 Å². The van der Waals surface area contributed by atoms with Gasteiger partial charge in [-0.3, -0.25) is 88.7 Å². The summed E-state index contributed by atoms with van der Waals surface area (Å²) in [4.78, 5) is 198. The van der Waals surface area contributed by atoms with Crippen LogP contribution in [0.5, 0.6) is 0 Å². The number of aliphatic hydroxyl groups excluding tert-OH is 1. The van der Waals surface area contributed by atoms with Crippen LogP contribution >= 0.6 is 35.8 Å². The van der Waals surface area contributed by atoms with Gasteiger partial charge in [-0.05, 0) is 70.0 Å². The van der Waals surface area contributed by atoms with E-state index in [0.717, 1.165) is 30.9 Å². The summed E-state index contributed by atoms with van der Waals surface area (Å²) in [6.07, 6.45) is -30.3. The second kappa shape index (κ2) is 48.0. The minimum Gasteiger partial charge on any atom is -0.387 e. The normalized spacial score (nSPS) is 29.0. The molecule has 6 saturated heterocycles. The Morgan fingerprint density at radius 2 is 0.714 bits per heavy atom. The Hall–Kier alpha value is -8.18. The number of nitrogens with one attached hydrogen (secondary N) is 4. The molecule has 0 amide bonds. The summed E-state index contributed by atoms with van der Waals surface area (Å²) in [6, 6.07) is 0. The SMILES string of the molecule is COCCOC1[C@@H](O)[C@@H](COP(O)(=S)O[C@@H]2C(OCCOC)[C@H](n3cnc4c(=O)[nH]c(C)nc43)O[C@@H]2COP(O)(=S)O[C@@H]2C(OCCOC)[C@H](n3cnc4c(=O)[nH]c(N)nc43)O[C@@H]2COP(=O)(O)O[C@@H]2C(OCCOC)[C@H](n3cc(C)c(N)nc3=O)O[C@@H]2COP(=O)(O)O[C@@H]2C(OCCOC)[C@H](n3cnc4c(=O)[nH]c(N)nc43)O[C@@H]2COP(O)(=S)O[C@@H]2C[C@H](n3cc(C)c(=O)[nH]c3=O)O[C@@H]2C)O[C@H]1n1cc(C)c(N)nc1=O. The number of imidazole rings is 3. The smallest absolute Gasteiger partial charge is 0.387 e. The molecule has 9 aromatic rings. The van der Waals surface area contributed by atoms with Crippen LogP contribution in [0.15, 0.2) is 71.1 Å². The Balaban J connectivity index is 0.731. The number of phosphoric acid groups is 2. The number of H-pyrrole nitrogens is 4. The third kappa shape index (κ3) is 26.3.